The molecule has 0 aromatic heterocycles. The van der Waals surface area contributed by atoms with Gasteiger partial charge in [-0.15, -0.1) is 0 Å². The van der Waals surface area contributed by atoms with E-state index in [2.05, 4.69) is 32.9 Å². The van der Waals surface area contributed by atoms with Gasteiger partial charge in [0.15, 0.2) is 6.10 Å². The molecule has 0 rings (SSSR count). The van der Waals surface area contributed by atoms with Gasteiger partial charge in [-0.1, -0.05) is 264 Å². The van der Waals surface area contributed by atoms with Crippen molar-refractivity contribution in [1.29, 1.82) is 0 Å². The molecule has 0 aliphatic carbocycles. The fourth-order valence-electron chi connectivity index (χ4n) is 8.50. The van der Waals surface area contributed by atoms with E-state index in [9.17, 15) is 14.4 Å². The second kappa shape index (κ2) is 52.8. The molecule has 372 valence electrons. The molecular formula is C57H108O6. The van der Waals surface area contributed by atoms with Crippen LogP contribution < -0.4 is 0 Å². The predicted molar refractivity (Wildman–Crippen MR) is 270 cm³/mol. The molecule has 0 spiro atoms. The normalized spacial score (nSPS) is 12.0. The monoisotopic (exact) mass is 889 g/mol. The Balaban J connectivity index is 4.27. The van der Waals surface area contributed by atoms with Gasteiger partial charge in [0.25, 0.3) is 0 Å². The lowest BCUT2D eigenvalue weighted by molar-refractivity contribution is -0.167. The number of carbonyl (C=O) groups excluding carboxylic acids is 3. The highest BCUT2D eigenvalue weighted by molar-refractivity contribution is 5.71. The van der Waals surface area contributed by atoms with E-state index < -0.39 is 6.10 Å². The van der Waals surface area contributed by atoms with Crippen LogP contribution in [0.2, 0.25) is 0 Å². The molecule has 63 heavy (non-hydrogen) atoms. The fraction of sp³-hybridized carbons (Fsp3) is 0.912. The first-order valence-corrected chi connectivity index (χ1v) is 28.2. The van der Waals surface area contributed by atoms with Crippen LogP contribution in [-0.4, -0.2) is 37.2 Å². The minimum absolute atomic E-state index is 0.0648. The van der Waals surface area contributed by atoms with Crippen LogP contribution >= 0.6 is 0 Å². The standard InChI is InChI=1S/C57H108O6/c1-4-7-10-13-16-19-22-24-26-27-28-29-31-32-35-38-41-44-47-50-56(59)62-53-54(52-61-55(58)49-46-43-40-37-34-21-18-15-12-9-6-3)63-57(60)51-48-45-42-39-36-33-30-25-23-20-17-14-11-8-5-2/h24,26,54H,4-23,25,27-53H2,1-3H3/b26-24-/t54-/m0/s1. The van der Waals surface area contributed by atoms with Crippen molar-refractivity contribution >= 4 is 17.9 Å². The summed E-state index contributed by atoms with van der Waals surface area (Å²) in [6.07, 6.45) is 59.1. The maximum absolute atomic E-state index is 12.8. The van der Waals surface area contributed by atoms with E-state index in [1.807, 2.05) is 0 Å². The van der Waals surface area contributed by atoms with Crippen LogP contribution in [0.4, 0.5) is 0 Å². The summed E-state index contributed by atoms with van der Waals surface area (Å²) in [6, 6.07) is 0. The average molecular weight is 889 g/mol. The molecular weight excluding hydrogens is 781 g/mol. The van der Waals surface area contributed by atoms with Crippen LogP contribution in [-0.2, 0) is 28.6 Å². The van der Waals surface area contributed by atoms with E-state index in [-0.39, 0.29) is 31.1 Å². The van der Waals surface area contributed by atoms with Crippen molar-refractivity contribution in [3.63, 3.8) is 0 Å². The second-order valence-electron chi connectivity index (χ2n) is 19.2. The Kier molecular flexibility index (Phi) is 51.2. The van der Waals surface area contributed by atoms with Gasteiger partial charge in [0.2, 0.25) is 0 Å². The van der Waals surface area contributed by atoms with Crippen LogP contribution in [0.3, 0.4) is 0 Å². The van der Waals surface area contributed by atoms with Gasteiger partial charge >= 0.3 is 17.9 Å². The van der Waals surface area contributed by atoms with E-state index >= 15 is 0 Å². The highest BCUT2D eigenvalue weighted by Crippen LogP contribution is 2.17. The second-order valence-corrected chi connectivity index (χ2v) is 19.2. The maximum Gasteiger partial charge on any atom is 0.306 e. The quantitative estimate of drug-likeness (QED) is 0.0262. The summed E-state index contributed by atoms with van der Waals surface area (Å²) in [4.78, 5) is 38.0. The number of esters is 3. The Labute approximate surface area is 392 Å². The SMILES string of the molecule is CCCCCCCC/C=C\CCCCCCCCCCCC(=O)OC[C@H](COC(=O)CCCCCCCCCCCCC)OC(=O)CCCCCCCCCCCCCCCCC. The molecule has 0 aromatic rings. The zero-order valence-electron chi connectivity index (χ0n) is 42.6. The molecule has 6 nitrogen and oxygen atoms in total. The van der Waals surface area contributed by atoms with Crippen LogP contribution in [0, 0.1) is 0 Å². The van der Waals surface area contributed by atoms with Gasteiger partial charge in [0.05, 0.1) is 0 Å². The molecule has 0 aromatic carbocycles. The smallest absolute Gasteiger partial charge is 0.306 e. The van der Waals surface area contributed by atoms with Crippen molar-refractivity contribution < 1.29 is 28.6 Å². The van der Waals surface area contributed by atoms with E-state index in [4.69, 9.17) is 14.2 Å². The number of carbonyl (C=O) groups is 3. The van der Waals surface area contributed by atoms with E-state index in [1.165, 1.54) is 218 Å². The van der Waals surface area contributed by atoms with Crippen molar-refractivity contribution in [3.05, 3.63) is 12.2 Å². The summed E-state index contributed by atoms with van der Waals surface area (Å²) < 4.78 is 16.8. The predicted octanol–water partition coefficient (Wildman–Crippen LogP) is 18.5. The first-order chi connectivity index (χ1) is 31.0. The molecule has 1 atom stereocenters. The lowest BCUT2D eigenvalue weighted by Crippen LogP contribution is -2.30. The van der Waals surface area contributed by atoms with Crippen LogP contribution in [0.15, 0.2) is 12.2 Å². The van der Waals surface area contributed by atoms with Crippen molar-refractivity contribution in [3.8, 4) is 0 Å². The molecule has 0 amide bonds. The summed E-state index contributed by atoms with van der Waals surface area (Å²) in [5, 5.41) is 0. The molecule has 0 radical (unpaired) electrons. The third-order valence-corrected chi connectivity index (χ3v) is 12.8. The minimum atomic E-state index is -0.764. The highest BCUT2D eigenvalue weighted by Gasteiger charge is 2.19. The topological polar surface area (TPSA) is 78.9 Å². The fourth-order valence-corrected chi connectivity index (χ4v) is 8.50. The number of unbranched alkanes of at least 4 members (excludes halogenated alkanes) is 39. The zero-order valence-corrected chi connectivity index (χ0v) is 42.6. The average Bonchev–Trinajstić information content (AvgIpc) is 3.28. The first kappa shape index (κ1) is 61.1. The van der Waals surface area contributed by atoms with E-state index in [0.717, 1.165) is 57.8 Å². The lowest BCUT2D eigenvalue weighted by atomic mass is 10.0. The number of hydrogen-bond acceptors (Lipinski definition) is 6. The van der Waals surface area contributed by atoms with E-state index in [1.54, 1.807) is 0 Å². The number of hydrogen-bond donors (Lipinski definition) is 0. The molecule has 0 aliphatic heterocycles. The van der Waals surface area contributed by atoms with Gasteiger partial charge in [0, 0.05) is 19.3 Å². The third-order valence-electron chi connectivity index (χ3n) is 12.8. The van der Waals surface area contributed by atoms with Crippen molar-refractivity contribution in [2.75, 3.05) is 13.2 Å². The van der Waals surface area contributed by atoms with Gasteiger partial charge in [-0.3, -0.25) is 14.4 Å². The van der Waals surface area contributed by atoms with E-state index in [0.29, 0.717) is 19.3 Å². The third kappa shape index (κ3) is 51.0. The Morgan fingerprint density at radius 2 is 0.524 bits per heavy atom. The van der Waals surface area contributed by atoms with Crippen LogP contribution in [0.1, 0.15) is 316 Å². The van der Waals surface area contributed by atoms with Crippen LogP contribution in [0.25, 0.3) is 0 Å². The van der Waals surface area contributed by atoms with Gasteiger partial charge in [0.1, 0.15) is 13.2 Å². The molecule has 0 fully saturated rings. The van der Waals surface area contributed by atoms with Crippen molar-refractivity contribution in [2.45, 2.75) is 322 Å². The van der Waals surface area contributed by atoms with Gasteiger partial charge in [-0.2, -0.15) is 0 Å². The Bertz CT molecular complexity index is 978. The summed E-state index contributed by atoms with van der Waals surface area (Å²) in [5.74, 6) is -0.846. The lowest BCUT2D eigenvalue weighted by Gasteiger charge is -2.18. The largest absolute Gasteiger partial charge is 0.462 e. The van der Waals surface area contributed by atoms with Crippen LogP contribution in [0.5, 0.6) is 0 Å². The molecule has 0 N–H and O–H groups in total. The summed E-state index contributed by atoms with van der Waals surface area (Å²) in [6.45, 7) is 6.68. The molecule has 0 aliphatic rings. The number of allylic oxidation sites excluding steroid dienone is 2. The molecule has 0 heterocycles. The summed E-state index contributed by atoms with van der Waals surface area (Å²) >= 11 is 0. The Hall–Kier alpha value is -1.85. The number of ether oxygens (including phenoxy) is 3. The molecule has 0 saturated carbocycles. The van der Waals surface area contributed by atoms with Gasteiger partial charge in [-0.05, 0) is 44.9 Å². The minimum Gasteiger partial charge on any atom is -0.462 e. The van der Waals surface area contributed by atoms with Crippen molar-refractivity contribution in [1.82, 2.24) is 0 Å². The highest BCUT2D eigenvalue weighted by atomic mass is 16.6. The Morgan fingerprint density at radius 3 is 0.794 bits per heavy atom. The molecule has 6 heteroatoms. The number of rotatable bonds is 52. The van der Waals surface area contributed by atoms with Gasteiger partial charge in [-0.25, -0.2) is 0 Å². The van der Waals surface area contributed by atoms with Crippen molar-refractivity contribution in [2.24, 2.45) is 0 Å². The maximum atomic E-state index is 12.8. The summed E-state index contributed by atoms with van der Waals surface area (Å²) in [7, 11) is 0. The Morgan fingerprint density at radius 1 is 0.302 bits per heavy atom. The first-order valence-electron chi connectivity index (χ1n) is 28.2. The molecule has 0 unspecified atom stereocenters. The molecule has 0 bridgehead atoms. The zero-order chi connectivity index (χ0) is 45.8. The molecule has 0 saturated heterocycles. The van der Waals surface area contributed by atoms with Gasteiger partial charge < -0.3 is 14.2 Å². The summed E-state index contributed by atoms with van der Waals surface area (Å²) in [5.41, 5.74) is 0.